The zero-order valence-corrected chi connectivity index (χ0v) is 16.7. The number of nitrogens with one attached hydrogen (secondary N) is 1. The third kappa shape index (κ3) is 4.13. The minimum Gasteiger partial charge on any atom is -0.368 e. The molecule has 3 aromatic rings. The Labute approximate surface area is 175 Å². The van der Waals surface area contributed by atoms with Gasteiger partial charge in [-0.25, -0.2) is 8.78 Å². The Bertz CT molecular complexity index is 1060. The number of amides is 1. The first kappa shape index (κ1) is 19.8. The fraction of sp³-hybridized carbons (Fsp3) is 0.316. The van der Waals surface area contributed by atoms with E-state index < -0.39 is 12.2 Å². The van der Waals surface area contributed by atoms with Gasteiger partial charge in [-0.15, -0.1) is 10.2 Å². The number of hydrogen-bond donors (Lipinski definition) is 1. The second-order valence-electron chi connectivity index (χ2n) is 6.86. The summed E-state index contributed by atoms with van der Waals surface area (Å²) in [5, 5.41) is 11.3. The van der Waals surface area contributed by atoms with Crippen LogP contribution < -0.4 is 10.2 Å². The number of alkyl halides is 2. The number of benzene rings is 1. The second kappa shape index (κ2) is 8.12. The molecule has 0 radical (unpaired) electrons. The molecule has 1 N–H and O–H groups in total. The lowest BCUT2D eigenvalue weighted by molar-refractivity contribution is 0.0932. The van der Waals surface area contributed by atoms with Crippen molar-refractivity contribution in [2.45, 2.75) is 25.3 Å². The quantitative estimate of drug-likeness (QED) is 0.655. The van der Waals surface area contributed by atoms with Gasteiger partial charge in [0, 0.05) is 30.4 Å². The molecule has 6 nitrogen and oxygen atoms in total. The first-order valence-electron chi connectivity index (χ1n) is 9.06. The standard InChI is InChI=1S/C19H17Cl2F2N5O/c20-12-4-5-15(14(21)8-12)27-7-1-2-13(10-27)24-19(29)11-3-6-16-25-26-18(17(22)23)28(16)9-11/h3-6,8-9,13,17H,1-2,7,10H2,(H,24,29). The molecule has 10 heteroatoms. The molecule has 0 spiro atoms. The number of rotatable bonds is 4. The molecule has 1 aliphatic heterocycles. The van der Waals surface area contributed by atoms with E-state index in [1.807, 2.05) is 6.07 Å². The first-order valence-corrected chi connectivity index (χ1v) is 9.81. The number of halogens is 4. The average Bonchev–Trinajstić information content (AvgIpc) is 3.11. The highest BCUT2D eigenvalue weighted by atomic mass is 35.5. The number of carbonyl (C=O) groups excluding carboxylic acids is 1. The van der Waals surface area contributed by atoms with E-state index in [0.717, 1.165) is 29.5 Å². The minimum absolute atomic E-state index is 0.103. The van der Waals surface area contributed by atoms with E-state index in [1.54, 1.807) is 18.2 Å². The maximum absolute atomic E-state index is 13.0. The molecule has 0 saturated carbocycles. The van der Waals surface area contributed by atoms with Gasteiger partial charge in [-0.05, 0) is 43.2 Å². The predicted molar refractivity (Wildman–Crippen MR) is 107 cm³/mol. The van der Waals surface area contributed by atoms with Crippen molar-refractivity contribution >= 4 is 40.4 Å². The highest BCUT2D eigenvalue weighted by molar-refractivity contribution is 6.36. The summed E-state index contributed by atoms with van der Waals surface area (Å²) in [4.78, 5) is 14.8. The minimum atomic E-state index is -2.78. The van der Waals surface area contributed by atoms with Gasteiger partial charge in [-0.2, -0.15) is 0 Å². The van der Waals surface area contributed by atoms with E-state index >= 15 is 0 Å². The predicted octanol–water partition coefficient (Wildman–Crippen LogP) is 4.37. The topological polar surface area (TPSA) is 62.5 Å². The molecule has 152 valence electrons. The Morgan fingerprint density at radius 2 is 2.03 bits per heavy atom. The number of hydrogen-bond acceptors (Lipinski definition) is 4. The van der Waals surface area contributed by atoms with Crippen LogP contribution in [0.1, 0.15) is 35.4 Å². The van der Waals surface area contributed by atoms with Gasteiger partial charge in [-0.3, -0.25) is 9.20 Å². The molecule has 1 unspecified atom stereocenters. The number of anilines is 1. The molecule has 1 saturated heterocycles. The van der Waals surface area contributed by atoms with Crippen LogP contribution in [0.25, 0.3) is 5.65 Å². The third-order valence-corrected chi connectivity index (χ3v) is 5.43. The Balaban J connectivity index is 1.49. The molecule has 0 bridgehead atoms. The molecule has 2 aromatic heterocycles. The van der Waals surface area contributed by atoms with Crippen LogP contribution in [-0.4, -0.2) is 39.6 Å². The maximum atomic E-state index is 13.0. The highest BCUT2D eigenvalue weighted by Crippen LogP contribution is 2.30. The Morgan fingerprint density at radius 1 is 1.21 bits per heavy atom. The monoisotopic (exact) mass is 439 g/mol. The number of carbonyl (C=O) groups is 1. The SMILES string of the molecule is O=C(NC1CCCN(c2ccc(Cl)cc2Cl)C1)c1ccc2nnc(C(F)F)n2c1. The van der Waals surface area contributed by atoms with Crippen molar-refractivity contribution in [3.8, 4) is 0 Å². The molecular weight excluding hydrogens is 423 g/mol. The largest absolute Gasteiger partial charge is 0.368 e. The highest BCUT2D eigenvalue weighted by Gasteiger charge is 2.24. The van der Waals surface area contributed by atoms with Crippen molar-refractivity contribution in [3.05, 3.63) is 58.0 Å². The lowest BCUT2D eigenvalue weighted by Crippen LogP contribution is -2.48. The maximum Gasteiger partial charge on any atom is 0.297 e. The molecule has 1 fully saturated rings. The second-order valence-corrected chi connectivity index (χ2v) is 7.70. The molecule has 1 amide bonds. The van der Waals surface area contributed by atoms with Crippen LogP contribution in [-0.2, 0) is 0 Å². The Morgan fingerprint density at radius 3 is 2.79 bits per heavy atom. The third-order valence-electron chi connectivity index (χ3n) is 4.89. The van der Waals surface area contributed by atoms with E-state index in [1.165, 1.54) is 12.3 Å². The summed E-state index contributed by atoms with van der Waals surface area (Å²) >= 11 is 12.3. The van der Waals surface area contributed by atoms with E-state index in [-0.39, 0.29) is 23.2 Å². The van der Waals surface area contributed by atoms with Crippen LogP contribution in [0.15, 0.2) is 36.5 Å². The molecule has 0 aliphatic carbocycles. The molecule has 1 aromatic carbocycles. The zero-order chi connectivity index (χ0) is 20.5. The number of fused-ring (bicyclic) bond motifs is 1. The fourth-order valence-electron chi connectivity index (χ4n) is 3.51. The van der Waals surface area contributed by atoms with Crippen LogP contribution in [0.5, 0.6) is 0 Å². The Kier molecular flexibility index (Phi) is 5.56. The van der Waals surface area contributed by atoms with Crippen molar-refractivity contribution in [1.82, 2.24) is 19.9 Å². The van der Waals surface area contributed by atoms with Crippen LogP contribution >= 0.6 is 23.2 Å². The van der Waals surface area contributed by atoms with Crippen molar-refractivity contribution in [2.75, 3.05) is 18.0 Å². The zero-order valence-electron chi connectivity index (χ0n) is 15.2. The Hall–Kier alpha value is -2.45. The number of aromatic nitrogens is 3. The van der Waals surface area contributed by atoms with E-state index in [2.05, 4.69) is 20.4 Å². The molecule has 29 heavy (non-hydrogen) atoms. The van der Waals surface area contributed by atoms with Crippen LogP contribution in [0, 0.1) is 0 Å². The molecule has 1 aliphatic rings. The summed E-state index contributed by atoms with van der Waals surface area (Å²) in [7, 11) is 0. The van der Waals surface area contributed by atoms with Gasteiger partial charge in [0.05, 0.1) is 16.3 Å². The van der Waals surface area contributed by atoms with Gasteiger partial charge in [0.25, 0.3) is 12.3 Å². The van der Waals surface area contributed by atoms with Crippen molar-refractivity contribution in [2.24, 2.45) is 0 Å². The molecule has 1 atom stereocenters. The summed E-state index contributed by atoms with van der Waals surface area (Å²) in [6.07, 6.45) is 0.247. The molecule has 4 rings (SSSR count). The number of nitrogens with zero attached hydrogens (tertiary/aromatic N) is 4. The van der Waals surface area contributed by atoms with Gasteiger partial charge in [0.15, 0.2) is 5.65 Å². The number of piperidine rings is 1. The van der Waals surface area contributed by atoms with Crippen LogP contribution in [0.4, 0.5) is 14.5 Å². The van der Waals surface area contributed by atoms with E-state index in [9.17, 15) is 13.6 Å². The lowest BCUT2D eigenvalue weighted by atomic mass is 10.0. The van der Waals surface area contributed by atoms with Crippen molar-refractivity contribution < 1.29 is 13.6 Å². The normalized spacial score (nSPS) is 17.1. The van der Waals surface area contributed by atoms with E-state index in [0.29, 0.717) is 16.6 Å². The lowest BCUT2D eigenvalue weighted by Gasteiger charge is -2.35. The van der Waals surface area contributed by atoms with Crippen LogP contribution in [0.2, 0.25) is 10.0 Å². The van der Waals surface area contributed by atoms with Crippen molar-refractivity contribution in [1.29, 1.82) is 0 Å². The molecular formula is C19H17Cl2F2N5O. The summed E-state index contributed by atoms with van der Waals surface area (Å²) in [5.41, 5.74) is 1.39. The molecule has 3 heterocycles. The summed E-state index contributed by atoms with van der Waals surface area (Å²) in [6, 6.07) is 8.27. The summed E-state index contributed by atoms with van der Waals surface area (Å²) in [5.74, 6) is -0.828. The van der Waals surface area contributed by atoms with Gasteiger partial charge < -0.3 is 10.2 Å². The van der Waals surface area contributed by atoms with Gasteiger partial charge in [0.2, 0.25) is 5.82 Å². The smallest absolute Gasteiger partial charge is 0.297 e. The van der Waals surface area contributed by atoms with Crippen molar-refractivity contribution in [3.63, 3.8) is 0 Å². The van der Waals surface area contributed by atoms with Crippen LogP contribution in [0.3, 0.4) is 0 Å². The average molecular weight is 440 g/mol. The van der Waals surface area contributed by atoms with Gasteiger partial charge in [-0.1, -0.05) is 23.2 Å². The summed E-state index contributed by atoms with van der Waals surface area (Å²) < 4.78 is 27.2. The fourth-order valence-corrected chi connectivity index (χ4v) is 4.04. The van der Waals surface area contributed by atoms with E-state index in [4.69, 9.17) is 23.2 Å². The van der Waals surface area contributed by atoms with Gasteiger partial charge >= 0.3 is 0 Å². The summed E-state index contributed by atoms with van der Waals surface area (Å²) in [6.45, 7) is 1.41. The van der Waals surface area contributed by atoms with Gasteiger partial charge in [0.1, 0.15) is 0 Å². The first-order chi connectivity index (χ1) is 13.9. The number of pyridine rings is 1.